The molecule has 82 valence electrons. The second-order valence-electron chi connectivity index (χ2n) is 3.64. The van der Waals surface area contributed by atoms with Crippen LogP contribution in [0.1, 0.15) is 23.6 Å². The van der Waals surface area contributed by atoms with E-state index in [4.69, 9.17) is 0 Å². The van der Waals surface area contributed by atoms with Gasteiger partial charge in [-0.15, -0.1) is 0 Å². The lowest BCUT2D eigenvalue weighted by molar-refractivity contribution is 0.541. The summed E-state index contributed by atoms with van der Waals surface area (Å²) < 4.78 is 26.7. The molecule has 2 rings (SSSR count). The number of hydrogen-bond donors (Lipinski definition) is 1. The van der Waals surface area contributed by atoms with Gasteiger partial charge in [-0.2, -0.15) is 11.8 Å². The van der Waals surface area contributed by atoms with Gasteiger partial charge in [-0.1, -0.05) is 0 Å². The number of benzene rings is 1. The van der Waals surface area contributed by atoms with E-state index in [1.807, 2.05) is 7.05 Å². The quantitative estimate of drug-likeness (QED) is 0.794. The third kappa shape index (κ3) is 2.16. The molecule has 0 aliphatic carbocycles. The fourth-order valence-electron chi connectivity index (χ4n) is 1.92. The van der Waals surface area contributed by atoms with E-state index >= 15 is 0 Å². The highest BCUT2D eigenvalue weighted by Gasteiger charge is 2.21. The molecule has 0 saturated heterocycles. The van der Waals surface area contributed by atoms with Crippen molar-refractivity contribution in [2.24, 2.45) is 0 Å². The maximum Gasteiger partial charge on any atom is 0.130 e. The zero-order chi connectivity index (χ0) is 10.8. The number of rotatable bonds is 1. The van der Waals surface area contributed by atoms with E-state index in [9.17, 15) is 8.78 Å². The lowest BCUT2D eigenvalue weighted by atomic mass is 9.99. The van der Waals surface area contributed by atoms with Crippen LogP contribution < -0.4 is 5.32 Å². The minimum atomic E-state index is -0.488. The van der Waals surface area contributed by atoms with Crippen LogP contribution in [0.2, 0.25) is 0 Å². The van der Waals surface area contributed by atoms with E-state index < -0.39 is 11.6 Å². The predicted molar refractivity (Wildman–Crippen MR) is 58.9 cm³/mol. The summed E-state index contributed by atoms with van der Waals surface area (Å²) in [6.07, 6.45) is 0.914. The number of fused-ring (bicyclic) bond motifs is 1. The molecule has 1 heterocycles. The maximum absolute atomic E-state index is 13.5. The van der Waals surface area contributed by atoms with E-state index in [-0.39, 0.29) is 6.04 Å². The number of hydrogen-bond acceptors (Lipinski definition) is 2. The first kappa shape index (κ1) is 10.9. The van der Waals surface area contributed by atoms with E-state index in [1.54, 1.807) is 11.8 Å². The molecule has 0 amide bonds. The predicted octanol–water partition coefficient (Wildman–Crippen LogP) is 2.86. The van der Waals surface area contributed by atoms with Crippen molar-refractivity contribution < 1.29 is 8.78 Å². The first-order valence-electron chi connectivity index (χ1n) is 4.95. The Morgan fingerprint density at radius 2 is 2.20 bits per heavy atom. The molecule has 1 aromatic carbocycles. The second-order valence-corrected chi connectivity index (χ2v) is 4.74. The molecule has 1 N–H and O–H groups in total. The highest BCUT2D eigenvalue weighted by atomic mass is 32.2. The molecule has 0 spiro atoms. The van der Waals surface area contributed by atoms with Crippen LogP contribution in [0, 0.1) is 11.6 Å². The number of halogens is 2. The van der Waals surface area contributed by atoms with Gasteiger partial charge in [0.2, 0.25) is 0 Å². The molecule has 1 aliphatic heterocycles. The summed E-state index contributed by atoms with van der Waals surface area (Å²) in [5, 5.41) is 3.11. The van der Waals surface area contributed by atoms with Gasteiger partial charge >= 0.3 is 0 Å². The largest absolute Gasteiger partial charge is 0.313 e. The van der Waals surface area contributed by atoms with E-state index in [1.165, 1.54) is 6.07 Å². The topological polar surface area (TPSA) is 12.0 Å². The number of nitrogens with one attached hydrogen (secondary N) is 1. The zero-order valence-corrected chi connectivity index (χ0v) is 9.33. The van der Waals surface area contributed by atoms with Crippen LogP contribution in [-0.2, 0) is 5.75 Å². The normalized spacial score (nSPS) is 20.9. The zero-order valence-electron chi connectivity index (χ0n) is 8.52. The summed E-state index contributed by atoms with van der Waals surface area (Å²) >= 11 is 1.70. The second kappa shape index (κ2) is 4.49. The maximum atomic E-state index is 13.5. The van der Waals surface area contributed by atoms with E-state index in [0.29, 0.717) is 11.3 Å². The van der Waals surface area contributed by atoms with Crippen LogP contribution in [0.4, 0.5) is 8.78 Å². The molecule has 4 heteroatoms. The molecule has 0 radical (unpaired) electrons. The van der Waals surface area contributed by atoms with Crippen LogP contribution in [0.5, 0.6) is 0 Å². The van der Waals surface area contributed by atoms with Gasteiger partial charge in [0, 0.05) is 23.4 Å². The summed E-state index contributed by atoms with van der Waals surface area (Å²) in [4.78, 5) is 0. The van der Waals surface area contributed by atoms with Gasteiger partial charge in [0.05, 0.1) is 0 Å². The molecule has 0 aromatic heterocycles. The van der Waals surface area contributed by atoms with Crippen LogP contribution >= 0.6 is 11.8 Å². The van der Waals surface area contributed by atoms with Crippen molar-refractivity contribution in [2.75, 3.05) is 12.8 Å². The Morgan fingerprint density at radius 3 is 2.93 bits per heavy atom. The Kier molecular flexibility index (Phi) is 3.26. The van der Waals surface area contributed by atoms with Crippen molar-refractivity contribution in [1.29, 1.82) is 0 Å². The molecule has 0 saturated carbocycles. The Balaban J connectivity index is 2.50. The molecular weight excluding hydrogens is 216 g/mol. The Bertz CT molecular complexity index is 368. The minimum Gasteiger partial charge on any atom is -0.313 e. The SMILES string of the molecule is CNC1CCSCc2c(F)cc(F)cc21. The monoisotopic (exact) mass is 229 g/mol. The van der Waals surface area contributed by atoms with Gasteiger partial charge in [0.15, 0.2) is 0 Å². The average Bonchev–Trinajstić information content (AvgIpc) is 2.39. The third-order valence-electron chi connectivity index (χ3n) is 2.72. The van der Waals surface area contributed by atoms with E-state index in [0.717, 1.165) is 23.8 Å². The molecule has 1 atom stereocenters. The van der Waals surface area contributed by atoms with Crippen LogP contribution in [0.3, 0.4) is 0 Å². The fourth-order valence-corrected chi connectivity index (χ4v) is 2.97. The van der Waals surface area contributed by atoms with Crippen molar-refractivity contribution >= 4 is 11.8 Å². The van der Waals surface area contributed by atoms with Gasteiger partial charge in [0.1, 0.15) is 11.6 Å². The van der Waals surface area contributed by atoms with Gasteiger partial charge in [0.25, 0.3) is 0 Å². The summed E-state index contributed by atoms with van der Waals surface area (Å²) in [6, 6.07) is 2.49. The minimum absolute atomic E-state index is 0.0696. The molecular formula is C11H13F2NS. The molecule has 1 aliphatic rings. The number of thioether (sulfide) groups is 1. The van der Waals surface area contributed by atoms with Gasteiger partial charge < -0.3 is 5.32 Å². The molecule has 1 aromatic rings. The van der Waals surface area contributed by atoms with Crippen molar-refractivity contribution in [3.63, 3.8) is 0 Å². The highest BCUT2D eigenvalue weighted by molar-refractivity contribution is 7.98. The summed E-state index contributed by atoms with van der Waals surface area (Å²) in [6.45, 7) is 0. The Morgan fingerprint density at radius 1 is 1.40 bits per heavy atom. The third-order valence-corrected chi connectivity index (χ3v) is 3.73. The van der Waals surface area contributed by atoms with Crippen LogP contribution in [-0.4, -0.2) is 12.8 Å². The first-order valence-corrected chi connectivity index (χ1v) is 6.10. The molecule has 1 unspecified atom stereocenters. The van der Waals surface area contributed by atoms with Crippen LogP contribution in [0.15, 0.2) is 12.1 Å². The lowest BCUT2D eigenvalue weighted by Crippen LogP contribution is -2.18. The van der Waals surface area contributed by atoms with Gasteiger partial charge in [-0.05, 0) is 30.9 Å². The molecule has 0 bridgehead atoms. The molecule has 15 heavy (non-hydrogen) atoms. The van der Waals surface area contributed by atoms with Crippen LogP contribution in [0.25, 0.3) is 0 Å². The van der Waals surface area contributed by atoms with Crippen molar-refractivity contribution in [3.8, 4) is 0 Å². The average molecular weight is 229 g/mol. The Hall–Kier alpha value is -0.610. The smallest absolute Gasteiger partial charge is 0.130 e. The Labute approximate surface area is 92.3 Å². The summed E-state index contributed by atoms with van der Waals surface area (Å²) in [5.74, 6) is 0.707. The van der Waals surface area contributed by atoms with Gasteiger partial charge in [-0.25, -0.2) is 8.78 Å². The fraction of sp³-hybridized carbons (Fsp3) is 0.455. The summed E-state index contributed by atoms with van der Waals surface area (Å²) in [5.41, 5.74) is 1.43. The van der Waals surface area contributed by atoms with Crippen molar-refractivity contribution in [2.45, 2.75) is 18.2 Å². The first-order chi connectivity index (χ1) is 7.22. The molecule has 1 nitrogen and oxygen atoms in total. The summed E-state index contributed by atoms with van der Waals surface area (Å²) in [7, 11) is 1.83. The van der Waals surface area contributed by atoms with E-state index in [2.05, 4.69) is 5.32 Å². The standard InChI is InChI=1S/C11H13F2NS/c1-14-11-2-3-15-6-9-8(11)4-7(12)5-10(9)13/h4-5,11,14H,2-3,6H2,1H3. The molecule has 0 fully saturated rings. The lowest BCUT2D eigenvalue weighted by Gasteiger charge is -2.16. The van der Waals surface area contributed by atoms with Crippen molar-refractivity contribution in [1.82, 2.24) is 5.32 Å². The highest BCUT2D eigenvalue weighted by Crippen LogP contribution is 2.32. The van der Waals surface area contributed by atoms with Gasteiger partial charge in [-0.3, -0.25) is 0 Å². The van der Waals surface area contributed by atoms with Crippen molar-refractivity contribution in [3.05, 3.63) is 34.9 Å².